The van der Waals surface area contributed by atoms with Gasteiger partial charge in [0, 0.05) is 61.4 Å². The molecule has 0 bridgehead atoms. The van der Waals surface area contributed by atoms with E-state index in [1.54, 1.807) is 14.2 Å². The highest BCUT2D eigenvalue weighted by Crippen LogP contribution is 2.36. The van der Waals surface area contributed by atoms with Crippen LogP contribution in [0.3, 0.4) is 0 Å². The summed E-state index contributed by atoms with van der Waals surface area (Å²) in [4.78, 5) is 29.3. The van der Waals surface area contributed by atoms with Crippen LogP contribution in [0.2, 0.25) is 0 Å². The van der Waals surface area contributed by atoms with Gasteiger partial charge < -0.3 is 39.1 Å². The molecule has 0 heterocycles. The standard InChI is InChI=1S/C60H64N2O8P2/c1-65-41-43-69-45-67-39-17-15-19-47-31-35-51(36-32-47)72(52-37-33-48(34-38-52)20-16-18-40-68-46-70-44-42-66-2)58-30-14-10-26-54(58)60(64)62-56-28-12-11-27-55(56)61-59(63)53-25-9-13-29-57(53)71(49-21-5-3-6-22-49)50-23-7-4-8-24-50/h3-10,13-14,21-26,29-38,55-56H,11-12,17-18,27-28,39-46H2,1-2H3,(H,61,63)(H,62,64)/t55-,56-/m1/s1. The molecule has 6 aromatic rings. The van der Waals surface area contributed by atoms with Crippen molar-refractivity contribution in [1.82, 2.24) is 10.6 Å². The molecule has 372 valence electrons. The Morgan fingerprint density at radius 2 is 0.819 bits per heavy atom. The molecular weight excluding hydrogens is 939 g/mol. The zero-order chi connectivity index (χ0) is 50.0. The van der Waals surface area contributed by atoms with Crippen molar-refractivity contribution in [2.24, 2.45) is 0 Å². The summed E-state index contributed by atoms with van der Waals surface area (Å²) in [6, 6.07) is 52.8. The average molecular weight is 1000 g/mol. The fourth-order valence-electron chi connectivity index (χ4n) is 8.30. The van der Waals surface area contributed by atoms with Gasteiger partial charge >= 0.3 is 0 Å². The minimum absolute atomic E-state index is 0.130. The Hall–Kier alpha value is -6.00. The van der Waals surface area contributed by atoms with Gasteiger partial charge in [-0.3, -0.25) is 9.59 Å². The van der Waals surface area contributed by atoms with Gasteiger partial charge in [-0.15, -0.1) is 0 Å². The molecule has 1 saturated carbocycles. The number of rotatable bonds is 24. The third-order valence-corrected chi connectivity index (χ3v) is 16.9. The predicted molar refractivity (Wildman–Crippen MR) is 292 cm³/mol. The van der Waals surface area contributed by atoms with Crippen LogP contribution < -0.4 is 42.5 Å². The van der Waals surface area contributed by atoms with Crippen molar-refractivity contribution >= 4 is 59.5 Å². The molecule has 2 amide bonds. The summed E-state index contributed by atoms with van der Waals surface area (Å²) >= 11 is 0. The Balaban J connectivity index is 1.10. The molecule has 1 aliphatic carbocycles. The SMILES string of the molecule is COCCOCOCCC#Cc1ccc(P(c2ccc(C#CCCOCOCCOC)cc2)c2ccccc2C(=O)N[C@@H]2CCCC[C@H]2NC(=O)c2ccccc2P(c2ccccc2)c2ccccc2)cc1. The number of hydrogen-bond donors (Lipinski definition) is 2. The van der Waals surface area contributed by atoms with Crippen LogP contribution >= 0.6 is 15.8 Å². The summed E-state index contributed by atoms with van der Waals surface area (Å²) in [5.74, 6) is 12.7. The highest BCUT2D eigenvalue weighted by molar-refractivity contribution is 7.80. The molecule has 0 unspecified atom stereocenters. The molecule has 1 fully saturated rings. The fourth-order valence-corrected chi connectivity index (χ4v) is 13.1. The molecule has 0 aromatic heterocycles. The molecule has 0 aliphatic heterocycles. The third kappa shape index (κ3) is 16.3. The Morgan fingerprint density at radius 1 is 0.458 bits per heavy atom. The molecule has 2 atom stereocenters. The summed E-state index contributed by atoms with van der Waals surface area (Å²) in [6.45, 7) is 3.35. The van der Waals surface area contributed by atoms with Crippen LogP contribution in [0.15, 0.2) is 158 Å². The fraction of sp³-hybridized carbons (Fsp3) is 0.300. The minimum atomic E-state index is -1.22. The average Bonchev–Trinajstić information content (AvgIpc) is 3.42. The largest absolute Gasteiger partial charge is 0.382 e. The van der Waals surface area contributed by atoms with Crippen molar-refractivity contribution in [3.05, 3.63) is 180 Å². The Labute approximate surface area is 428 Å². The first-order chi connectivity index (χ1) is 35.5. The first-order valence-electron chi connectivity index (χ1n) is 24.5. The maximum absolute atomic E-state index is 14.8. The van der Waals surface area contributed by atoms with Crippen LogP contribution in [0.4, 0.5) is 0 Å². The number of methoxy groups -OCH3 is 2. The molecule has 10 nitrogen and oxygen atoms in total. The summed E-state index contributed by atoms with van der Waals surface area (Å²) in [7, 11) is 1.04. The highest BCUT2D eigenvalue weighted by atomic mass is 31.1. The third-order valence-electron chi connectivity index (χ3n) is 11.9. The molecule has 2 N–H and O–H groups in total. The predicted octanol–water partition coefficient (Wildman–Crippen LogP) is 7.43. The molecule has 0 saturated heterocycles. The molecule has 1 aliphatic rings. The van der Waals surface area contributed by atoms with E-state index in [1.165, 1.54) is 10.6 Å². The zero-order valence-corrected chi connectivity index (χ0v) is 43.0. The highest BCUT2D eigenvalue weighted by Gasteiger charge is 2.31. The van der Waals surface area contributed by atoms with Gasteiger partial charge in [-0.1, -0.05) is 158 Å². The van der Waals surface area contributed by atoms with E-state index in [2.05, 4.69) is 119 Å². The Bertz CT molecular complexity index is 2600. The summed E-state index contributed by atoms with van der Waals surface area (Å²) in [5.41, 5.74) is 3.03. The van der Waals surface area contributed by atoms with Crippen LogP contribution in [0, 0.1) is 23.7 Å². The van der Waals surface area contributed by atoms with Gasteiger partial charge in [-0.05, 0) is 96.9 Å². The van der Waals surface area contributed by atoms with Crippen molar-refractivity contribution in [2.75, 3.05) is 67.4 Å². The van der Waals surface area contributed by atoms with Gasteiger partial charge in [0.25, 0.3) is 11.8 Å². The summed E-state index contributed by atoms with van der Waals surface area (Å²) in [5, 5.41) is 13.3. The minimum Gasteiger partial charge on any atom is -0.382 e. The second-order valence-electron chi connectivity index (χ2n) is 16.9. The van der Waals surface area contributed by atoms with E-state index in [9.17, 15) is 9.59 Å². The van der Waals surface area contributed by atoms with Crippen molar-refractivity contribution in [3.63, 3.8) is 0 Å². The molecule has 72 heavy (non-hydrogen) atoms. The second kappa shape index (κ2) is 30.1. The molecular formula is C60H64N2O8P2. The summed E-state index contributed by atoms with van der Waals surface area (Å²) in [6.07, 6.45) is 4.56. The van der Waals surface area contributed by atoms with E-state index >= 15 is 0 Å². The number of hydrogen-bond acceptors (Lipinski definition) is 8. The van der Waals surface area contributed by atoms with E-state index in [1.807, 2.05) is 72.8 Å². The number of amides is 2. The molecule has 12 heteroatoms. The quantitative estimate of drug-likeness (QED) is 0.0279. The van der Waals surface area contributed by atoms with Crippen LogP contribution in [-0.4, -0.2) is 91.3 Å². The molecule has 0 spiro atoms. The van der Waals surface area contributed by atoms with Gasteiger partial charge in [0.1, 0.15) is 13.6 Å². The topological polar surface area (TPSA) is 114 Å². The van der Waals surface area contributed by atoms with Gasteiger partial charge in [0.2, 0.25) is 0 Å². The van der Waals surface area contributed by atoms with E-state index in [0.717, 1.165) is 58.0 Å². The van der Waals surface area contributed by atoms with E-state index in [4.69, 9.17) is 28.4 Å². The lowest BCUT2D eigenvalue weighted by Crippen LogP contribution is -2.54. The smallest absolute Gasteiger partial charge is 0.252 e. The van der Waals surface area contributed by atoms with Gasteiger partial charge in [0.05, 0.1) is 39.6 Å². The monoisotopic (exact) mass is 1000 g/mol. The van der Waals surface area contributed by atoms with Crippen molar-refractivity contribution in [1.29, 1.82) is 0 Å². The Morgan fingerprint density at radius 3 is 1.22 bits per heavy atom. The molecule has 0 radical (unpaired) electrons. The van der Waals surface area contributed by atoms with Gasteiger partial charge in [-0.2, -0.15) is 0 Å². The lowest BCUT2D eigenvalue weighted by atomic mass is 9.89. The zero-order valence-electron chi connectivity index (χ0n) is 41.2. The van der Waals surface area contributed by atoms with E-state index in [0.29, 0.717) is 63.6 Å². The lowest BCUT2D eigenvalue weighted by molar-refractivity contribution is -0.0641. The first kappa shape index (κ1) is 53.8. The molecule has 6 aromatic carbocycles. The van der Waals surface area contributed by atoms with Crippen molar-refractivity contribution < 1.29 is 38.0 Å². The number of nitrogens with one attached hydrogen (secondary N) is 2. The Kier molecular flexibility index (Phi) is 22.5. The number of carbonyl (C=O) groups excluding carboxylic acids is 2. The normalized spacial score (nSPS) is 14.2. The van der Waals surface area contributed by atoms with Crippen LogP contribution in [-0.2, 0) is 28.4 Å². The van der Waals surface area contributed by atoms with E-state index < -0.39 is 15.8 Å². The number of ether oxygens (including phenoxy) is 6. The van der Waals surface area contributed by atoms with Gasteiger partial charge in [0.15, 0.2) is 0 Å². The van der Waals surface area contributed by atoms with E-state index in [-0.39, 0.29) is 37.5 Å². The van der Waals surface area contributed by atoms with Crippen molar-refractivity contribution in [2.45, 2.75) is 50.6 Å². The maximum atomic E-state index is 14.8. The second-order valence-corrected chi connectivity index (χ2v) is 21.2. The van der Waals surface area contributed by atoms with Crippen LogP contribution in [0.5, 0.6) is 0 Å². The van der Waals surface area contributed by atoms with Crippen LogP contribution in [0.25, 0.3) is 0 Å². The number of carbonyl (C=O) groups is 2. The van der Waals surface area contributed by atoms with Crippen molar-refractivity contribution in [3.8, 4) is 23.7 Å². The molecule has 7 rings (SSSR count). The van der Waals surface area contributed by atoms with Crippen LogP contribution in [0.1, 0.15) is 70.4 Å². The lowest BCUT2D eigenvalue weighted by Gasteiger charge is -2.33. The van der Waals surface area contributed by atoms with Gasteiger partial charge in [-0.25, -0.2) is 0 Å². The first-order valence-corrected chi connectivity index (χ1v) is 27.2. The maximum Gasteiger partial charge on any atom is 0.252 e. The summed E-state index contributed by atoms with van der Waals surface area (Å²) < 4.78 is 31.8. The number of benzene rings is 6.